The molecular weight excluding hydrogens is 242 g/mol. The average Bonchev–Trinajstić information content (AvgIpc) is 2.76. The molecule has 0 saturated heterocycles. The quantitative estimate of drug-likeness (QED) is 0.417. The topological polar surface area (TPSA) is 81.5 Å². The van der Waals surface area contributed by atoms with Crippen molar-refractivity contribution in [2.75, 3.05) is 0 Å². The molecule has 3 N–H and O–H groups in total. The van der Waals surface area contributed by atoms with Crippen LogP contribution in [0.3, 0.4) is 0 Å². The summed E-state index contributed by atoms with van der Waals surface area (Å²) in [7, 11) is 0. The van der Waals surface area contributed by atoms with Crippen molar-refractivity contribution in [2.24, 2.45) is 0 Å². The lowest BCUT2D eigenvalue weighted by molar-refractivity contribution is 1.22. The standard InChI is InChI=1S/C14H9N3O2/c18-13-7-3-1-2-4-9(7)15-10-6-12-11(5-8(10)13)16-14(19)17-12/h1-6H,(H,15,18)(H2,16,17,19). The maximum absolute atomic E-state index is 12.4. The number of para-hydroxylation sites is 1. The van der Waals surface area contributed by atoms with E-state index in [4.69, 9.17) is 0 Å². The van der Waals surface area contributed by atoms with Crippen molar-refractivity contribution >= 4 is 32.8 Å². The van der Waals surface area contributed by atoms with Crippen LogP contribution in [0.1, 0.15) is 0 Å². The van der Waals surface area contributed by atoms with Crippen molar-refractivity contribution in [1.29, 1.82) is 0 Å². The molecule has 4 rings (SSSR count). The van der Waals surface area contributed by atoms with Gasteiger partial charge in [0.25, 0.3) is 0 Å². The van der Waals surface area contributed by atoms with E-state index < -0.39 is 0 Å². The average molecular weight is 251 g/mol. The van der Waals surface area contributed by atoms with E-state index in [1.807, 2.05) is 18.2 Å². The molecule has 5 heteroatoms. The Bertz CT molecular complexity index is 1050. The third-order valence-corrected chi connectivity index (χ3v) is 3.34. The second-order valence-corrected chi connectivity index (χ2v) is 4.52. The van der Waals surface area contributed by atoms with Gasteiger partial charge in [0.1, 0.15) is 0 Å². The Morgan fingerprint density at radius 3 is 2.26 bits per heavy atom. The van der Waals surface area contributed by atoms with Crippen molar-refractivity contribution in [2.45, 2.75) is 0 Å². The van der Waals surface area contributed by atoms with E-state index in [-0.39, 0.29) is 11.1 Å². The number of hydrogen-bond donors (Lipinski definition) is 3. The fourth-order valence-electron chi connectivity index (χ4n) is 2.45. The molecule has 0 spiro atoms. The van der Waals surface area contributed by atoms with Crippen molar-refractivity contribution in [3.63, 3.8) is 0 Å². The van der Waals surface area contributed by atoms with Gasteiger partial charge in [-0.2, -0.15) is 0 Å². The number of H-pyrrole nitrogens is 3. The Balaban J connectivity index is 2.31. The van der Waals surface area contributed by atoms with Crippen LogP contribution in [-0.4, -0.2) is 15.0 Å². The molecular formula is C14H9N3O2. The first-order valence-electron chi connectivity index (χ1n) is 5.89. The van der Waals surface area contributed by atoms with Crippen LogP contribution in [0.5, 0.6) is 0 Å². The second-order valence-electron chi connectivity index (χ2n) is 4.52. The third kappa shape index (κ3) is 1.35. The zero-order valence-corrected chi connectivity index (χ0v) is 9.78. The van der Waals surface area contributed by atoms with Gasteiger partial charge in [0.15, 0.2) is 5.43 Å². The van der Waals surface area contributed by atoms with Crippen LogP contribution < -0.4 is 11.1 Å². The SMILES string of the molecule is O=c1[nH]c2cc3[nH]c4ccccc4c(=O)c3cc2[nH]1. The van der Waals surface area contributed by atoms with Gasteiger partial charge in [0, 0.05) is 16.3 Å². The lowest BCUT2D eigenvalue weighted by Crippen LogP contribution is -2.03. The monoisotopic (exact) mass is 251 g/mol. The van der Waals surface area contributed by atoms with Gasteiger partial charge in [-0.25, -0.2) is 4.79 Å². The molecule has 0 fully saturated rings. The number of rotatable bonds is 0. The third-order valence-electron chi connectivity index (χ3n) is 3.34. The maximum Gasteiger partial charge on any atom is 0.323 e. The summed E-state index contributed by atoms with van der Waals surface area (Å²) >= 11 is 0. The van der Waals surface area contributed by atoms with Gasteiger partial charge in [-0.15, -0.1) is 0 Å². The molecule has 0 bridgehead atoms. The van der Waals surface area contributed by atoms with E-state index in [1.165, 1.54) is 0 Å². The van der Waals surface area contributed by atoms with Crippen molar-refractivity contribution < 1.29 is 0 Å². The molecule has 0 atom stereocenters. The van der Waals surface area contributed by atoms with E-state index in [2.05, 4.69) is 15.0 Å². The predicted octanol–water partition coefficient (Wildman–Crippen LogP) is 1.85. The minimum Gasteiger partial charge on any atom is -0.354 e. The molecule has 2 aromatic carbocycles. The van der Waals surface area contributed by atoms with Crippen LogP contribution in [-0.2, 0) is 0 Å². The highest BCUT2D eigenvalue weighted by molar-refractivity contribution is 5.98. The molecule has 0 saturated carbocycles. The largest absolute Gasteiger partial charge is 0.354 e. The minimum atomic E-state index is -0.276. The van der Waals surface area contributed by atoms with Crippen LogP contribution in [0.15, 0.2) is 46.0 Å². The normalized spacial score (nSPS) is 11.6. The smallest absolute Gasteiger partial charge is 0.323 e. The molecule has 92 valence electrons. The van der Waals surface area contributed by atoms with Crippen LogP contribution in [0, 0.1) is 0 Å². The molecule has 0 unspecified atom stereocenters. The van der Waals surface area contributed by atoms with Gasteiger partial charge in [0.2, 0.25) is 0 Å². The van der Waals surface area contributed by atoms with E-state index in [0.717, 1.165) is 5.52 Å². The summed E-state index contributed by atoms with van der Waals surface area (Å²) in [4.78, 5) is 32.3. The first kappa shape index (κ1) is 10.1. The van der Waals surface area contributed by atoms with Gasteiger partial charge < -0.3 is 15.0 Å². The van der Waals surface area contributed by atoms with Crippen LogP contribution in [0.25, 0.3) is 32.8 Å². The Hall–Kier alpha value is -2.82. The zero-order valence-electron chi connectivity index (χ0n) is 9.78. The molecule has 2 aromatic heterocycles. The second kappa shape index (κ2) is 3.35. The number of pyridine rings is 1. The number of fused-ring (bicyclic) bond motifs is 3. The van der Waals surface area contributed by atoms with Gasteiger partial charge >= 0.3 is 5.69 Å². The Morgan fingerprint density at radius 1 is 0.684 bits per heavy atom. The number of aromatic nitrogens is 3. The molecule has 0 aliphatic rings. The molecule has 0 aliphatic carbocycles. The number of nitrogens with one attached hydrogen (secondary N) is 3. The summed E-state index contributed by atoms with van der Waals surface area (Å²) in [5.41, 5.74) is 2.51. The highest BCUT2D eigenvalue weighted by atomic mass is 16.1. The molecule has 0 radical (unpaired) electrons. The van der Waals surface area contributed by atoms with E-state index >= 15 is 0 Å². The fourth-order valence-corrected chi connectivity index (χ4v) is 2.45. The highest BCUT2D eigenvalue weighted by Gasteiger charge is 2.07. The summed E-state index contributed by atoms with van der Waals surface area (Å²) in [5, 5.41) is 1.22. The van der Waals surface area contributed by atoms with Gasteiger partial charge in [-0.05, 0) is 24.3 Å². The zero-order chi connectivity index (χ0) is 13.0. The number of hydrogen-bond acceptors (Lipinski definition) is 2. The summed E-state index contributed by atoms with van der Waals surface area (Å²) in [5.74, 6) is 0. The van der Waals surface area contributed by atoms with E-state index in [9.17, 15) is 9.59 Å². The minimum absolute atomic E-state index is 0.0340. The van der Waals surface area contributed by atoms with E-state index in [1.54, 1.807) is 18.2 Å². The molecule has 2 heterocycles. The number of imidazole rings is 1. The maximum atomic E-state index is 12.4. The van der Waals surface area contributed by atoms with Gasteiger partial charge in [-0.1, -0.05) is 12.1 Å². The Kier molecular flexibility index (Phi) is 1.79. The van der Waals surface area contributed by atoms with Gasteiger partial charge in [-0.3, -0.25) is 4.79 Å². The van der Waals surface area contributed by atoms with Crippen LogP contribution in [0.4, 0.5) is 0 Å². The van der Waals surface area contributed by atoms with Crippen LogP contribution in [0.2, 0.25) is 0 Å². The Labute approximate surface area is 105 Å². The molecule has 5 nitrogen and oxygen atoms in total. The lowest BCUT2D eigenvalue weighted by atomic mass is 10.1. The predicted molar refractivity (Wildman–Crippen MR) is 74.6 cm³/mol. The highest BCUT2D eigenvalue weighted by Crippen LogP contribution is 2.18. The Morgan fingerprint density at radius 2 is 1.42 bits per heavy atom. The van der Waals surface area contributed by atoms with Gasteiger partial charge in [0.05, 0.1) is 16.6 Å². The first-order valence-corrected chi connectivity index (χ1v) is 5.89. The molecule has 4 aromatic rings. The van der Waals surface area contributed by atoms with Crippen LogP contribution >= 0.6 is 0 Å². The first-order chi connectivity index (χ1) is 9.22. The molecule has 0 aliphatic heterocycles. The summed E-state index contributed by atoms with van der Waals surface area (Å²) in [6.07, 6.45) is 0. The number of aromatic amines is 3. The van der Waals surface area contributed by atoms with Crippen molar-refractivity contribution in [3.8, 4) is 0 Å². The van der Waals surface area contributed by atoms with E-state index in [0.29, 0.717) is 27.3 Å². The molecule has 19 heavy (non-hydrogen) atoms. The lowest BCUT2D eigenvalue weighted by Gasteiger charge is -2.02. The summed E-state index contributed by atoms with van der Waals surface area (Å²) < 4.78 is 0. The fraction of sp³-hybridized carbons (Fsp3) is 0. The number of benzene rings is 2. The molecule has 0 amide bonds. The summed E-state index contributed by atoms with van der Waals surface area (Å²) in [6.45, 7) is 0. The van der Waals surface area contributed by atoms with Crippen molar-refractivity contribution in [3.05, 3.63) is 57.1 Å². The summed E-state index contributed by atoms with van der Waals surface area (Å²) in [6, 6.07) is 10.8. The van der Waals surface area contributed by atoms with Crippen molar-refractivity contribution in [1.82, 2.24) is 15.0 Å².